The van der Waals surface area contributed by atoms with Crippen molar-refractivity contribution in [3.8, 4) is 0 Å². The molecule has 102 valence electrons. The Morgan fingerprint density at radius 1 is 1.42 bits per heavy atom. The Bertz CT molecular complexity index is 498. The fourth-order valence-electron chi connectivity index (χ4n) is 2.15. The average molecular weight is 279 g/mol. The number of carbonyl (C=O) groups is 2. The van der Waals surface area contributed by atoms with Gasteiger partial charge in [0.05, 0.1) is 0 Å². The first-order valence-electron chi connectivity index (χ1n) is 6.21. The zero-order chi connectivity index (χ0) is 14.0. The number of nitrogens with zero attached hydrogens (tertiary/aromatic N) is 3. The third-order valence-corrected chi connectivity index (χ3v) is 3.98. The molecule has 1 aliphatic rings. The van der Waals surface area contributed by atoms with E-state index in [2.05, 4.69) is 9.97 Å². The molecule has 0 saturated carbocycles. The van der Waals surface area contributed by atoms with Gasteiger partial charge in [0.25, 0.3) is 0 Å². The smallest absolute Gasteiger partial charge is 0.232 e. The third-order valence-electron chi connectivity index (χ3n) is 2.94. The highest BCUT2D eigenvalue weighted by Gasteiger charge is 2.32. The van der Waals surface area contributed by atoms with Gasteiger partial charge < -0.3 is 0 Å². The molecule has 0 bridgehead atoms. The first-order valence-corrected chi connectivity index (χ1v) is 7.20. The van der Waals surface area contributed by atoms with E-state index in [0.717, 1.165) is 11.4 Å². The lowest BCUT2D eigenvalue weighted by Gasteiger charge is -2.15. The number of rotatable bonds is 3. The second-order valence-corrected chi connectivity index (χ2v) is 6.02. The van der Waals surface area contributed by atoms with Crippen molar-refractivity contribution in [1.82, 2.24) is 9.97 Å². The molecule has 1 saturated heterocycles. The van der Waals surface area contributed by atoms with Crippen LogP contribution in [0.5, 0.6) is 0 Å². The summed E-state index contributed by atoms with van der Waals surface area (Å²) >= 11 is 1.28. The lowest BCUT2D eigenvalue weighted by Crippen LogP contribution is -2.27. The largest absolute Gasteiger partial charge is 0.288 e. The minimum Gasteiger partial charge on any atom is -0.288 e. The van der Waals surface area contributed by atoms with E-state index in [1.165, 1.54) is 11.8 Å². The van der Waals surface area contributed by atoms with Crippen molar-refractivity contribution in [3.63, 3.8) is 0 Å². The Balaban J connectivity index is 2.09. The van der Waals surface area contributed by atoms with Gasteiger partial charge in [-0.15, -0.1) is 0 Å². The Hall–Kier alpha value is -1.43. The molecule has 1 aromatic rings. The predicted octanol–water partition coefficient (Wildman–Crippen LogP) is 1.73. The molecule has 2 heterocycles. The van der Waals surface area contributed by atoms with Gasteiger partial charge >= 0.3 is 0 Å². The van der Waals surface area contributed by atoms with E-state index < -0.39 is 0 Å². The summed E-state index contributed by atoms with van der Waals surface area (Å²) in [7, 11) is 0. The third kappa shape index (κ3) is 3.53. The summed E-state index contributed by atoms with van der Waals surface area (Å²) in [6, 6.07) is 1.88. The van der Waals surface area contributed by atoms with Crippen LogP contribution >= 0.6 is 11.8 Å². The molecule has 19 heavy (non-hydrogen) atoms. The maximum Gasteiger partial charge on any atom is 0.232 e. The Morgan fingerprint density at radius 3 is 2.63 bits per heavy atom. The molecule has 0 aliphatic carbocycles. The Morgan fingerprint density at radius 2 is 2.05 bits per heavy atom. The van der Waals surface area contributed by atoms with Crippen LogP contribution in [0.4, 0.5) is 5.95 Å². The van der Waals surface area contributed by atoms with Gasteiger partial charge in [0.2, 0.25) is 11.9 Å². The van der Waals surface area contributed by atoms with Gasteiger partial charge in [-0.2, -0.15) is 0 Å². The maximum atomic E-state index is 12.0. The number of aryl methyl sites for hydroxylation is 2. The van der Waals surface area contributed by atoms with Gasteiger partial charge in [-0.05, 0) is 25.8 Å². The highest BCUT2D eigenvalue weighted by atomic mass is 32.2. The number of thioether (sulfide) groups is 1. The summed E-state index contributed by atoms with van der Waals surface area (Å²) in [6.07, 6.45) is 0.469. The fourth-order valence-corrected chi connectivity index (χ4v) is 2.84. The first kappa shape index (κ1) is 14.0. The number of aromatic nitrogens is 2. The molecule has 0 radical (unpaired) electrons. The number of anilines is 1. The topological polar surface area (TPSA) is 63.2 Å². The summed E-state index contributed by atoms with van der Waals surface area (Å²) in [5.74, 6) is 1.41. The normalized spacial score (nSPS) is 19.0. The van der Waals surface area contributed by atoms with Crippen molar-refractivity contribution in [2.45, 2.75) is 27.2 Å². The highest BCUT2D eigenvalue weighted by molar-refractivity contribution is 8.13. The van der Waals surface area contributed by atoms with Crippen LogP contribution in [0.2, 0.25) is 0 Å². The minimum atomic E-state index is 0.0409. The monoisotopic (exact) mass is 279 g/mol. The van der Waals surface area contributed by atoms with Gasteiger partial charge in [-0.3, -0.25) is 14.5 Å². The summed E-state index contributed by atoms with van der Waals surface area (Å²) in [4.78, 5) is 33.2. The standard InChI is InChI=1S/C13H17N3O2S/c1-8-4-9(2)15-13(14-8)16-6-11(5-12(16)18)7-19-10(3)17/h4,11H,5-7H2,1-3H3. The Labute approximate surface area is 116 Å². The SMILES string of the molecule is CC(=O)SCC1CC(=O)N(c2nc(C)cc(C)n2)C1. The maximum absolute atomic E-state index is 12.0. The Kier molecular flexibility index (Phi) is 4.19. The van der Waals surface area contributed by atoms with Gasteiger partial charge in [0.1, 0.15) is 0 Å². The summed E-state index contributed by atoms with van der Waals surface area (Å²) in [6.45, 7) is 5.93. The minimum absolute atomic E-state index is 0.0409. The van der Waals surface area contributed by atoms with Gasteiger partial charge in [-0.1, -0.05) is 11.8 Å². The van der Waals surface area contributed by atoms with E-state index in [0.29, 0.717) is 24.7 Å². The molecule has 2 rings (SSSR count). The lowest BCUT2D eigenvalue weighted by molar-refractivity contribution is -0.117. The molecular weight excluding hydrogens is 262 g/mol. The molecule has 1 amide bonds. The summed E-state index contributed by atoms with van der Waals surface area (Å²) in [5, 5.41) is 0.0912. The van der Waals surface area contributed by atoms with Gasteiger partial charge in [0.15, 0.2) is 5.12 Å². The van der Waals surface area contributed by atoms with E-state index in [-0.39, 0.29) is 16.9 Å². The molecule has 1 aliphatic heterocycles. The molecule has 0 aromatic carbocycles. The number of hydrogen-bond acceptors (Lipinski definition) is 5. The van der Waals surface area contributed by atoms with E-state index in [1.54, 1.807) is 11.8 Å². The molecule has 1 unspecified atom stereocenters. The van der Waals surface area contributed by atoms with E-state index in [1.807, 2.05) is 19.9 Å². The van der Waals surface area contributed by atoms with Gasteiger partial charge in [0, 0.05) is 37.0 Å². The first-order chi connectivity index (χ1) is 8.95. The van der Waals surface area contributed by atoms with Crippen molar-refractivity contribution in [3.05, 3.63) is 17.5 Å². The number of hydrogen-bond donors (Lipinski definition) is 0. The van der Waals surface area contributed by atoms with E-state index in [9.17, 15) is 9.59 Å². The van der Waals surface area contributed by atoms with Crippen LogP contribution in [-0.4, -0.2) is 33.3 Å². The summed E-state index contributed by atoms with van der Waals surface area (Å²) in [5.41, 5.74) is 1.72. The lowest BCUT2D eigenvalue weighted by atomic mass is 10.1. The summed E-state index contributed by atoms with van der Waals surface area (Å²) < 4.78 is 0. The number of amides is 1. The molecule has 6 heteroatoms. The van der Waals surface area contributed by atoms with Crippen LogP contribution in [-0.2, 0) is 9.59 Å². The van der Waals surface area contributed by atoms with Crippen molar-refractivity contribution in [2.75, 3.05) is 17.2 Å². The second kappa shape index (κ2) is 5.69. The van der Waals surface area contributed by atoms with E-state index in [4.69, 9.17) is 0 Å². The van der Waals surface area contributed by atoms with Crippen molar-refractivity contribution in [1.29, 1.82) is 0 Å². The number of carbonyl (C=O) groups excluding carboxylic acids is 2. The van der Waals surface area contributed by atoms with Crippen molar-refractivity contribution >= 4 is 28.7 Å². The molecule has 1 aromatic heterocycles. The molecular formula is C13H17N3O2S. The quantitative estimate of drug-likeness (QED) is 0.843. The van der Waals surface area contributed by atoms with Crippen LogP contribution in [0, 0.1) is 19.8 Å². The molecule has 1 atom stereocenters. The molecule has 0 N–H and O–H groups in total. The van der Waals surface area contributed by atoms with Crippen LogP contribution in [0.25, 0.3) is 0 Å². The predicted molar refractivity (Wildman–Crippen MR) is 75.1 cm³/mol. The van der Waals surface area contributed by atoms with Crippen LogP contribution < -0.4 is 4.90 Å². The zero-order valence-electron chi connectivity index (χ0n) is 11.3. The van der Waals surface area contributed by atoms with Crippen molar-refractivity contribution < 1.29 is 9.59 Å². The second-order valence-electron chi connectivity index (χ2n) is 4.83. The molecule has 1 fully saturated rings. The van der Waals surface area contributed by atoms with Crippen LogP contribution in [0.3, 0.4) is 0 Å². The van der Waals surface area contributed by atoms with Gasteiger partial charge in [-0.25, -0.2) is 9.97 Å². The molecule has 0 spiro atoms. The fraction of sp³-hybridized carbons (Fsp3) is 0.538. The zero-order valence-corrected chi connectivity index (χ0v) is 12.2. The highest BCUT2D eigenvalue weighted by Crippen LogP contribution is 2.25. The average Bonchev–Trinajstić information content (AvgIpc) is 2.66. The molecule has 5 nitrogen and oxygen atoms in total. The van der Waals surface area contributed by atoms with Crippen LogP contribution in [0.15, 0.2) is 6.07 Å². The van der Waals surface area contributed by atoms with Crippen molar-refractivity contribution in [2.24, 2.45) is 5.92 Å². The van der Waals surface area contributed by atoms with E-state index >= 15 is 0 Å². The van der Waals surface area contributed by atoms with Crippen LogP contribution in [0.1, 0.15) is 24.7 Å².